The molecule has 0 unspecified atom stereocenters. The fourth-order valence-electron chi connectivity index (χ4n) is 1.06. The highest BCUT2D eigenvalue weighted by atomic mass is 79.9. The molecule has 0 amide bonds. The first-order valence-corrected chi connectivity index (χ1v) is 5.32. The third kappa shape index (κ3) is 1.99. The molecule has 1 N–H and O–H groups in total. The fraction of sp³-hybridized carbons (Fsp3) is 0.222. The number of hydrogen-bond acceptors (Lipinski definition) is 2. The van der Waals surface area contributed by atoms with Crippen molar-refractivity contribution in [2.24, 2.45) is 0 Å². The van der Waals surface area contributed by atoms with E-state index >= 15 is 0 Å². The highest BCUT2D eigenvalue weighted by molar-refractivity contribution is 9.21. The fourth-order valence-corrected chi connectivity index (χ4v) is 1.77. The normalized spacial score (nSPS) is 15.1. The predicted molar refractivity (Wildman–Crippen MR) is 61.1 cm³/mol. The maximum Gasteiger partial charge on any atom is 0.330 e. The van der Waals surface area contributed by atoms with Crippen molar-refractivity contribution in [2.45, 2.75) is 12.5 Å². The SMILES string of the molecule is C[C@](C(=O)O)(c1ccccc1)N(Br)Br. The number of rotatable bonds is 3. The molecule has 0 aliphatic carbocycles. The zero-order chi connectivity index (χ0) is 10.8. The van der Waals surface area contributed by atoms with Crippen molar-refractivity contribution < 1.29 is 9.90 Å². The number of benzene rings is 1. The largest absolute Gasteiger partial charge is 0.480 e. The summed E-state index contributed by atoms with van der Waals surface area (Å²) in [6, 6.07) is 8.99. The Balaban J connectivity index is 3.20. The molecule has 5 heteroatoms. The standard InChI is InChI=1S/C9H9Br2NO2/c1-9(8(13)14,12(10)11)7-5-3-2-4-6-7/h2-6H,1H3,(H,13,14)/t9-/m1/s1. The summed E-state index contributed by atoms with van der Waals surface area (Å²) in [7, 11) is 0. The smallest absolute Gasteiger partial charge is 0.330 e. The van der Waals surface area contributed by atoms with Crippen molar-refractivity contribution in [1.29, 1.82) is 0 Å². The molecule has 0 aliphatic heterocycles. The van der Waals surface area contributed by atoms with Crippen LogP contribution in [0.15, 0.2) is 30.3 Å². The van der Waals surface area contributed by atoms with Gasteiger partial charge in [-0.2, -0.15) is 2.95 Å². The van der Waals surface area contributed by atoms with Crippen LogP contribution in [0.3, 0.4) is 0 Å². The third-order valence-electron chi connectivity index (χ3n) is 2.09. The van der Waals surface area contributed by atoms with Crippen LogP contribution in [0.25, 0.3) is 0 Å². The Hall–Kier alpha value is -0.390. The van der Waals surface area contributed by atoms with Gasteiger partial charge in [0.2, 0.25) is 0 Å². The first-order chi connectivity index (χ1) is 6.49. The summed E-state index contributed by atoms with van der Waals surface area (Å²) >= 11 is 6.21. The van der Waals surface area contributed by atoms with E-state index < -0.39 is 11.5 Å². The molecular weight excluding hydrogens is 314 g/mol. The number of hydrogen-bond donors (Lipinski definition) is 1. The van der Waals surface area contributed by atoms with Gasteiger partial charge in [0, 0.05) is 32.3 Å². The summed E-state index contributed by atoms with van der Waals surface area (Å²) in [5, 5.41) is 9.15. The Morgan fingerprint density at radius 2 is 1.86 bits per heavy atom. The highest BCUT2D eigenvalue weighted by Crippen LogP contribution is 2.33. The molecule has 0 aromatic heterocycles. The molecule has 0 radical (unpaired) electrons. The van der Waals surface area contributed by atoms with Gasteiger partial charge in [-0.3, -0.25) is 0 Å². The molecular formula is C9H9Br2NO2. The Morgan fingerprint density at radius 1 is 1.36 bits per heavy atom. The van der Waals surface area contributed by atoms with Gasteiger partial charge in [-0.1, -0.05) is 30.3 Å². The van der Waals surface area contributed by atoms with Gasteiger partial charge in [-0.15, -0.1) is 0 Å². The van der Waals surface area contributed by atoms with Crippen LogP contribution in [0.1, 0.15) is 12.5 Å². The Labute approximate surface area is 99.4 Å². The minimum atomic E-state index is -1.12. The van der Waals surface area contributed by atoms with Gasteiger partial charge in [0.25, 0.3) is 0 Å². The summed E-state index contributed by atoms with van der Waals surface area (Å²) in [5.41, 5.74) is -0.428. The summed E-state index contributed by atoms with van der Waals surface area (Å²) in [6.07, 6.45) is 0. The number of carboxylic acids is 1. The zero-order valence-electron chi connectivity index (χ0n) is 7.45. The van der Waals surface area contributed by atoms with E-state index in [1.54, 1.807) is 31.2 Å². The first kappa shape index (κ1) is 11.7. The van der Waals surface area contributed by atoms with Crippen LogP contribution in [0.2, 0.25) is 0 Å². The Kier molecular flexibility index (Phi) is 3.69. The molecule has 1 atom stereocenters. The molecule has 1 aromatic carbocycles. The van der Waals surface area contributed by atoms with Gasteiger partial charge in [-0.05, 0) is 12.5 Å². The van der Waals surface area contributed by atoms with Crippen molar-refractivity contribution in [2.75, 3.05) is 0 Å². The molecule has 0 saturated heterocycles. The molecule has 1 rings (SSSR count). The van der Waals surface area contributed by atoms with Crippen molar-refractivity contribution in [1.82, 2.24) is 2.95 Å². The Morgan fingerprint density at radius 3 is 2.21 bits per heavy atom. The van der Waals surface area contributed by atoms with Crippen LogP contribution in [-0.2, 0) is 10.3 Å². The summed E-state index contributed by atoms with van der Waals surface area (Å²) in [5.74, 6) is -0.933. The predicted octanol–water partition coefficient (Wildman–Crippen LogP) is 2.91. The van der Waals surface area contributed by atoms with E-state index in [1.165, 1.54) is 2.95 Å². The second-order valence-corrected chi connectivity index (χ2v) is 5.35. The molecule has 0 spiro atoms. The zero-order valence-corrected chi connectivity index (χ0v) is 10.6. The average Bonchev–Trinajstić information content (AvgIpc) is 2.17. The minimum Gasteiger partial charge on any atom is -0.480 e. The lowest BCUT2D eigenvalue weighted by atomic mass is 9.94. The second-order valence-electron chi connectivity index (χ2n) is 2.98. The lowest BCUT2D eigenvalue weighted by Crippen LogP contribution is -2.39. The number of nitrogens with zero attached hydrogens (tertiary/aromatic N) is 1. The van der Waals surface area contributed by atoms with Gasteiger partial charge >= 0.3 is 5.97 Å². The monoisotopic (exact) mass is 321 g/mol. The van der Waals surface area contributed by atoms with E-state index in [4.69, 9.17) is 5.11 Å². The molecule has 0 aliphatic rings. The first-order valence-electron chi connectivity index (χ1n) is 3.90. The number of halogens is 2. The quantitative estimate of drug-likeness (QED) is 0.870. The maximum absolute atomic E-state index is 11.2. The lowest BCUT2D eigenvalue weighted by molar-refractivity contribution is -0.145. The summed E-state index contributed by atoms with van der Waals surface area (Å²) in [6.45, 7) is 1.61. The number of carboxylic acid groups (broad SMARTS) is 1. The van der Waals surface area contributed by atoms with Crippen LogP contribution in [0.4, 0.5) is 0 Å². The van der Waals surface area contributed by atoms with Crippen LogP contribution in [0, 0.1) is 0 Å². The van der Waals surface area contributed by atoms with Crippen LogP contribution >= 0.6 is 32.3 Å². The van der Waals surface area contributed by atoms with Crippen molar-refractivity contribution in [3.63, 3.8) is 0 Å². The van der Waals surface area contributed by atoms with Gasteiger partial charge in [-0.25, -0.2) is 4.79 Å². The molecule has 0 fully saturated rings. The Bertz CT molecular complexity index is 329. The van der Waals surface area contributed by atoms with Gasteiger partial charge in [0.15, 0.2) is 5.54 Å². The molecule has 1 aromatic rings. The van der Waals surface area contributed by atoms with Gasteiger partial charge in [0.05, 0.1) is 0 Å². The molecule has 0 heterocycles. The van der Waals surface area contributed by atoms with E-state index in [1.807, 2.05) is 6.07 Å². The van der Waals surface area contributed by atoms with E-state index in [9.17, 15) is 4.79 Å². The molecule has 3 nitrogen and oxygen atoms in total. The molecule has 0 bridgehead atoms. The average molecular weight is 323 g/mol. The summed E-state index contributed by atoms with van der Waals surface area (Å²) in [4.78, 5) is 11.2. The van der Waals surface area contributed by atoms with Gasteiger partial charge < -0.3 is 5.11 Å². The van der Waals surface area contributed by atoms with E-state index in [-0.39, 0.29) is 0 Å². The van der Waals surface area contributed by atoms with E-state index in [2.05, 4.69) is 32.3 Å². The minimum absolute atomic E-state index is 0.696. The van der Waals surface area contributed by atoms with Crippen LogP contribution < -0.4 is 0 Å². The van der Waals surface area contributed by atoms with Gasteiger partial charge in [0.1, 0.15) is 0 Å². The van der Waals surface area contributed by atoms with Crippen molar-refractivity contribution >= 4 is 38.3 Å². The lowest BCUT2D eigenvalue weighted by Gasteiger charge is -2.28. The summed E-state index contributed by atoms with van der Waals surface area (Å²) < 4.78 is 1.32. The highest BCUT2D eigenvalue weighted by Gasteiger charge is 2.39. The van der Waals surface area contributed by atoms with Crippen molar-refractivity contribution in [3.8, 4) is 0 Å². The molecule has 0 saturated carbocycles. The molecule has 76 valence electrons. The van der Waals surface area contributed by atoms with Crippen LogP contribution in [-0.4, -0.2) is 14.0 Å². The van der Waals surface area contributed by atoms with E-state index in [0.717, 1.165) is 0 Å². The maximum atomic E-state index is 11.2. The van der Waals surface area contributed by atoms with E-state index in [0.29, 0.717) is 5.56 Å². The third-order valence-corrected chi connectivity index (χ3v) is 3.51. The second kappa shape index (κ2) is 4.42. The van der Waals surface area contributed by atoms with Crippen LogP contribution in [0.5, 0.6) is 0 Å². The molecule has 14 heavy (non-hydrogen) atoms. The van der Waals surface area contributed by atoms with Crippen molar-refractivity contribution in [3.05, 3.63) is 35.9 Å². The topological polar surface area (TPSA) is 40.5 Å². The number of carbonyl (C=O) groups is 1. The number of aliphatic carboxylic acids is 1.